The summed E-state index contributed by atoms with van der Waals surface area (Å²) in [6.45, 7) is 3.48. The van der Waals surface area contributed by atoms with E-state index in [-0.39, 0.29) is 6.04 Å². The van der Waals surface area contributed by atoms with Gasteiger partial charge >= 0.3 is 11.8 Å². The molecule has 2 fully saturated rings. The fourth-order valence-electron chi connectivity index (χ4n) is 4.06. The van der Waals surface area contributed by atoms with Crippen LogP contribution >= 0.6 is 0 Å². The third-order valence-electron chi connectivity index (χ3n) is 5.77. The average Bonchev–Trinajstić information content (AvgIpc) is 2.96. The van der Waals surface area contributed by atoms with Gasteiger partial charge in [0.05, 0.1) is 5.69 Å². The summed E-state index contributed by atoms with van der Waals surface area (Å²) in [5.41, 5.74) is 1.10. The van der Waals surface area contributed by atoms with Crippen molar-refractivity contribution >= 4 is 11.8 Å². The van der Waals surface area contributed by atoms with Gasteiger partial charge in [-0.25, -0.2) is 0 Å². The number of hydrogen-bond acceptors (Lipinski definition) is 4. The summed E-state index contributed by atoms with van der Waals surface area (Å²) in [7, 11) is 0. The number of hydrogen-bond donors (Lipinski definition) is 2. The van der Waals surface area contributed by atoms with Gasteiger partial charge in [-0.05, 0) is 56.8 Å². The van der Waals surface area contributed by atoms with E-state index < -0.39 is 11.8 Å². The van der Waals surface area contributed by atoms with E-state index in [2.05, 4.69) is 26.6 Å². The number of carbonyl (C=O) groups is 2. The van der Waals surface area contributed by atoms with Gasteiger partial charge in [0.1, 0.15) is 0 Å². The predicted octanol–water partition coefficient (Wildman–Crippen LogP) is 2.25. The summed E-state index contributed by atoms with van der Waals surface area (Å²) < 4.78 is 0. The molecule has 1 saturated heterocycles. The van der Waals surface area contributed by atoms with E-state index in [0.717, 1.165) is 63.9 Å². The second kappa shape index (κ2) is 10.4. The first-order valence-corrected chi connectivity index (χ1v) is 10.4. The highest BCUT2D eigenvalue weighted by atomic mass is 16.2. The van der Waals surface area contributed by atoms with Crippen molar-refractivity contribution in [2.45, 2.75) is 64.0 Å². The average molecular weight is 373 g/mol. The van der Waals surface area contributed by atoms with E-state index in [4.69, 9.17) is 0 Å². The lowest BCUT2D eigenvalue weighted by molar-refractivity contribution is -0.139. The van der Waals surface area contributed by atoms with Gasteiger partial charge in [-0.2, -0.15) is 0 Å². The zero-order valence-corrected chi connectivity index (χ0v) is 16.2. The van der Waals surface area contributed by atoms with Crippen molar-refractivity contribution in [3.05, 3.63) is 30.1 Å². The van der Waals surface area contributed by atoms with Crippen molar-refractivity contribution in [1.29, 1.82) is 0 Å². The van der Waals surface area contributed by atoms with Crippen molar-refractivity contribution in [3.63, 3.8) is 0 Å². The van der Waals surface area contributed by atoms with Gasteiger partial charge in [0, 0.05) is 25.3 Å². The van der Waals surface area contributed by atoms with E-state index in [9.17, 15) is 9.59 Å². The van der Waals surface area contributed by atoms with Crippen LogP contribution in [-0.2, 0) is 16.1 Å². The van der Waals surface area contributed by atoms with Crippen LogP contribution in [0.2, 0.25) is 0 Å². The van der Waals surface area contributed by atoms with E-state index >= 15 is 0 Å². The molecule has 2 heterocycles. The van der Waals surface area contributed by atoms with E-state index in [1.165, 1.54) is 12.8 Å². The zero-order valence-electron chi connectivity index (χ0n) is 16.2. The number of rotatable bonds is 5. The van der Waals surface area contributed by atoms with Crippen LogP contribution in [0.3, 0.4) is 0 Å². The molecule has 0 bridgehead atoms. The van der Waals surface area contributed by atoms with Gasteiger partial charge in [-0.15, -0.1) is 0 Å². The van der Waals surface area contributed by atoms with Crippen molar-refractivity contribution in [3.8, 4) is 0 Å². The molecule has 3 rings (SSSR count). The number of amides is 2. The maximum atomic E-state index is 12.1. The monoisotopic (exact) mass is 372 g/mol. The quantitative estimate of drug-likeness (QED) is 0.614. The van der Waals surface area contributed by atoms with Crippen LogP contribution in [0.15, 0.2) is 24.4 Å². The molecule has 1 aliphatic carbocycles. The van der Waals surface area contributed by atoms with E-state index in [1.54, 1.807) is 0 Å². The van der Waals surface area contributed by atoms with Crippen LogP contribution in [0.1, 0.15) is 57.1 Å². The number of likely N-dealkylation sites (tertiary alicyclic amines) is 1. The second-order valence-electron chi connectivity index (χ2n) is 7.91. The molecule has 6 heteroatoms. The van der Waals surface area contributed by atoms with Gasteiger partial charge in [-0.1, -0.05) is 31.7 Å². The van der Waals surface area contributed by atoms with E-state index in [1.807, 2.05) is 18.3 Å². The number of aromatic nitrogens is 1. The van der Waals surface area contributed by atoms with Gasteiger partial charge in [-0.3, -0.25) is 19.5 Å². The fraction of sp³-hybridized carbons (Fsp3) is 0.667. The number of nitrogens with zero attached hydrogens (tertiary/aromatic N) is 2. The van der Waals surface area contributed by atoms with Crippen molar-refractivity contribution < 1.29 is 9.59 Å². The number of nitrogens with one attached hydrogen (secondary N) is 2. The second-order valence-corrected chi connectivity index (χ2v) is 7.91. The molecule has 1 aromatic rings. The molecule has 0 atom stereocenters. The summed E-state index contributed by atoms with van der Waals surface area (Å²) in [5, 5.41) is 5.75. The topological polar surface area (TPSA) is 74.3 Å². The Morgan fingerprint density at radius 1 is 1.00 bits per heavy atom. The zero-order chi connectivity index (χ0) is 18.9. The Balaban J connectivity index is 1.33. The molecule has 0 spiro atoms. The summed E-state index contributed by atoms with van der Waals surface area (Å²) in [6, 6.07) is 6.18. The van der Waals surface area contributed by atoms with Crippen LogP contribution in [0.4, 0.5) is 0 Å². The van der Waals surface area contributed by atoms with Crippen LogP contribution in [-0.4, -0.2) is 47.4 Å². The number of carbonyl (C=O) groups excluding carboxylic acids is 2. The lowest BCUT2D eigenvalue weighted by Crippen LogP contribution is -2.46. The van der Waals surface area contributed by atoms with E-state index in [0.29, 0.717) is 12.5 Å². The first-order chi connectivity index (χ1) is 13.2. The Morgan fingerprint density at radius 3 is 2.41 bits per heavy atom. The van der Waals surface area contributed by atoms with Gasteiger partial charge < -0.3 is 10.6 Å². The molecule has 0 aromatic carbocycles. The summed E-state index contributed by atoms with van der Waals surface area (Å²) >= 11 is 0. The Labute approximate surface area is 162 Å². The van der Waals surface area contributed by atoms with Crippen molar-refractivity contribution in [2.24, 2.45) is 5.92 Å². The minimum atomic E-state index is -0.477. The Kier molecular flexibility index (Phi) is 7.63. The minimum Gasteiger partial charge on any atom is -0.348 e. The smallest absolute Gasteiger partial charge is 0.309 e. The standard InChI is InChI=1S/C21H32N4O2/c26-20(21(27)24-18-7-3-1-2-4-8-18)23-15-17-10-13-25(14-11-17)16-19-9-5-6-12-22-19/h5-6,9,12,17-18H,1-4,7-8,10-11,13-16H2,(H,23,26)(H,24,27). The Morgan fingerprint density at radius 2 is 1.74 bits per heavy atom. The molecule has 1 saturated carbocycles. The highest BCUT2D eigenvalue weighted by molar-refractivity contribution is 6.35. The summed E-state index contributed by atoms with van der Waals surface area (Å²) in [5.74, 6) is -0.496. The molecule has 2 aliphatic rings. The van der Waals surface area contributed by atoms with Crippen LogP contribution in [0.5, 0.6) is 0 Å². The van der Waals surface area contributed by atoms with Gasteiger partial charge in [0.15, 0.2) is 0 Å². The number of pyridine rings is 1. The Bertz CT molecular complexity index is 591. The largest absolute Gasteiger partial charge is 0.348 e. The van der Waals surface area contributed by atoms with Gasteiger partial charge in [0.2, 0.25) is 0 Å². The molecular formula is C21H32N4O2. The lowest BCUT2D eigenvalue weighted by Gasteiger charge is -2.31. The molecule has 0 unspecified atom stereocenters. The van der Waals surface area contributed by atoms with Crippen LogP contribution < -0.4 is 10.6 Å². The van der Waals surface area contributed by atoms with Crippen molar-refractivity contribution in [1.82, 2.24) is 20.5 Å². The first-order valence-electron chi connectivity index (χ1n) is 10.4. The maximum Gasteiger partial charge on any atom is 0.309 e. The highest BCUT2D eigenvalue weighted by Crippen LogP contribution is 2.18. The van der Waals surface area contributed by atoms with Crippen LogP contribution in [0, 0.1) is 5.92 Å². The highest BCUT2D eigenvalue weighted by Gasteiger charge is 2.23. The summed E-state index contributed by atoms with van der Waals surface area (Å²) in [6.07, 6.45) is 10.6. The molecule has 148 valence electrons. The predicted molar refractivity (Wildman–Crippen MR) is 105 cm³/mol. The fourth-order valence-corrected chi connectivity index (χ4v) is 4.06. The van der Waals surface area contributed by atoms with Gasteiger partial charge in [0.25, 0.3) is 0 Å². The maximum absolute atomic E-state index is 12.1. The molecule has 1 aliphatic heterocycles. The summed E-state index contributed by atoms with van der Waals surface area (Å²) in [4.78, 5) is 31.0. The molecule has 2 N–H and O–H groups in total. The molecular weight excluding hydrogens is 340 g/mol. The molecule has 0 radical (unpaired) electrons. The minimum absolute atomic E-state index is 0.167. The lowest BCUT2D eigenvalue weighted by atomic mass is 9.96. The Hall–Kier alpha value is -1.95. The normalized spacial score (nSPS) is 20.0. The third kappa shape index (κ3) is 6.61. The molecule has 2 amide bonds. The molecule has 6 nitrogen and oxygen atoms in total. The first kappa shape index (κ1) is 19.8. The third-order valence-corrected chi connectivity index (χ3v) is 5.77. The SMILES string of the molecule is O=C(NCC1CCN(Cc2ccccn2)CC1)C(=O)NC1CCCCCC1. The molecule has 1 aromatic heterocycles. The molecule has 27 heavy (non-hydrogen) atoms. The number of piperidine rings is 1. The van der Waals surface area contributed by atoms with Crippen molar-refractivity contribution in [2.75, 3.05) is 19.6 Å². The van der Waals surface area contributed by atoms with Crippen LogP contribution in [0.25, 0.3) is 0 Å².